The van der Waals surface area contributed by atoms with Crippen molar-refractivity contribution in [1.82, 2.24) is 0 Å². The van der Waals surface area contributed by atoms with Crippen LogP contribution < -0.4 is 0 Å². The average molecular weight is 317 g/mol. The molecule has 0 saturated heterocycles. The van der Waals surface area contributed by atoms with Crippen molar-refractivity contribution < 1.29 is 9.13 Å². The van der Waals surface area contributed by atoms with Crippen LogP contribution >= 0.6 is 0 Å². The summed E-state index contributed by atoms with van der Waals surface area (Å²) >= 11 is 0. The molecule has 23 heavy (non-hydrogen) atoms. The van der Waals surface area contributed by atoms with Crippen LogP contribution in [0, 0.1) is 6.92 Å². The maximum absolute atomic E-state index is 12.2. The van der Waals surface area contributed by atoms with Gasteiger partial charge in [-0.1, -0.05) is 80.1 Å². The third-order valence-corrected chi connectivity index (χ3v) is 2.80. The van der Waals surface area contributed by atoms with Crippen LogP contribution in [0.3, 0.4) is 0 Å². The standard InChI is InChI=1S/C11H14FNO.C7H8.C2H6/c1-13-11(7-12)9-14-8-10-5-3-2-4-6-10;1-7-5-3-2-4-6-7;1-2/h2-6,11H,1,7-9H2;2-6H,1H3;1-2H3. The molecule has 0 N–H and O–H groups in total. The van der Waals surface area contributed by atoms with Crippen LogP contribution in [-0.2, 0) is 11.3 Å². The van der Waals surface area contributed by atoms with E-state index >= 15 is 0 Å². The Bertz CT molecular complexity index is 488. The van der Waals surface area contributed by atoms with Crippen LogP contribution in [0.5, 0.6) is 0 Å². The van der Waals surface area contributed by atoms with Gasteiger partial charge in [-0.05, 0) is 19.2 Å². The summed E-state index contributed by atoms with van der Waals surface area (Å²) in [6, 6.07) is 19.6. The second kappa shape index (κ2) is 14.9. The molecule has 0 aliphatic carbocycles. The summed E-state index contributed by atoms with van der Waals surface area (Å²) in [5.74, 6) is 0. The van der Waals surface area contributed by atoms with Crippen molar-refractivity contribution in [3.05, 3.63) is 71.8 Å². The molecule has 2 nitrogen and oxygen atoms in total. The molecule has 0 aliphatic rings. The summed E-state index contributed by atoms with van der Waals surface area (Å²) < 4.78 is 17.5. The van der Waals surface area contributed by atoms with Crippen LogP contribution in [-0.4, -0.2) is 26.0 Å². The minimum absolute atomic E-state index is 0.287. The lowest BCUT2D eigenvalue weighted by atomic mass is 10.2. The fourth-order valence-corrected chi connectivity index (χ4v) is 1.57. The van der Waals surface area contributed by atoms with Gasteiger partial charge in [0.15, 0.2) is 0 Å². The Balaban J connectivity index is 0.000000449. The number of nitrogens with zero attached hydrogens (tertiary/aromatic N) is 1. The molecular formula is C20H28FNO. The first-order chi connectivity index (χ1) is 11.3. The Morgan fingerprint density at radius 1 is 1.00 bits per heavy atom. The van der Waals surface area contributed by atoms with Crippen LogP contribution in [0.1, 0.15) is 25.0 Å². The normalized spacial score (nSPS) is 10.4. The predicted octanol–water partition coefficient (Wildman–Crippen LogP) is 5.26. The van der Waals surface area contributed by atoms with Crippen molar-refractivity contribution >= 4 is 6.72 Å². The van der Waals surface area contributed by atoms with Crippen LogP contribution in [0.2, 0.25) is 0 Å². The van der Waals surface area contributed by atoms with Gasteiger partial charge in [0, 0.05) is 0 Å². The molecule has 0 aromatic heterocycles. The molecule has 2 rings (SSSR count). The monoisotopic (exact) mass is 317 g/mol. The molecular weight excluding hydrogens is 289 g/mol. The van der Waals surface area contributed by atoms with Crippen LogP contribution in [0.25, 0.3) is 0 Å². The fourth-order valence-electron chi connectivity index (χ4n) is 1.57. The predicted molar refractivity (Wildman–Crippen MR) is 97.9 cm³/mol. The molecule has 0 radical (unpaired) electrons. The first-order valence-electron chi connectivity index (χ1n) is 7.91. The van der Waals surface area contributed by atoms with Gasteiger partial charge in [0.1, 0.15) is 12.7 Å². The lowest BCUT2D eigenvalue weighted by Crippen LogP contribution is -2.15. The highest BCUT2D eigenvalue weighted by atomic mass is 19.1. The zero-order valence-electron chi connectivity index (χ0n) is 14.4. The molecule has 0 aliphatic heterocycles. The van der Waals surface area contributed by atoms with Crippen LogP contribution in [0.4, 0.5) is 4.39 Å². The maximum Gasteiger partial charge on any atom is 0.114 e. The largest absolute Gasteiger partial charge is 0.374 e. The molecule has 0 heterocycles. The minimum atomic E-state index is -0.516. The maximum atomic E-state index is 12.2. The first-order valence-corrected chi connectivity index (χ1v) is 7.91. The van der Waals surface area contributed by atoms with E-state index in [0.29, 0.717) is 6.61 Å². The second-order valence-corrected chi connectivity index (χ2v) is 4.65. The van der Waals surface area contributed by atoms with Gasteiger partial charge in [-0.25, -0.2) is 4.39 Å². The summed E-state index contributed by atoms with van der Waals surface area (Å²) in [6.45, 7) is 9.63. The summed E-state index contributed by atoms with van der Waals surface area (Å²) in [7, 11) is 0. The zero-order chi connectivity index (χ0) is 17.3. The van der Waals surface area contributed by atoms with E-state index in [1.54, 1.807) is 0 Å². The highest BCUT2D eigenvalue weighted by molar-refractivity contribution is 5.24. The number of aryl methyl sites for hydroxylation is 1. The number of ether oxygens (including phenoxy) is 1. The van der Waals surface area contributed by atoms with Gasteiger partial charge in [-0.15, -0.1) is 0 Å². The highest BCUT2D eigenvalue weighted by Gasteiger charge is 2.03. The fraction of sp³-hybridized carbons (Fsp3) is 0.350. The smallest absolute Gasteiger partial charge is 0.114 e. The Morgan fingerprint density at radius 2 is 1.52 bits per heavy atom. The Hall–Kier alpha value is -2.00. The molecule has 126 valence electrons. The molecule has 1 atom stereocenters. The van der Waals surface area contributed by atoms with E-state index in [1.165, 1.54) is 5.56 Å². The van der Waals surface area contributed by atoms with E-state index in [2.05, 4.69) is 30.8 Å². The van der Waals surface area contributed by atoms with Crippen molar-refractivity contribution in [1.29, 1.82) is 0 Å². The Labute approximate surface area is 140 Å². The van der Waals surface area contributed by atoms with Crippen molar-refractivity contribution in [3.63, 3.8) is 0 Å². The molecule has 2 aromatic rings. The molecule has 0 bridgehead atoms. The molecule has 2 aromatic carbocycles. The highest BCUT2D eigenvalue weighted by Crippen LogP contribution is 2.02. The number of hydrogen-bond donors (Lipinski definition) is 0. The van der Waals surface area contributed by atoms with Gasteiger partial charge >= 0.3 is 0 Å². The number of halogens is 1. The van der Waals surface area contributed by atoms with Crippen molar-refractivity contribution in [2.24, 2.45) is 4.99 Å². The van der Waals surface area contributed by atoms with Gasteiger partial charge in [-0.2, -0.15) is 0 Å². The average Bonchev–Trinajstić information content (AvgIpc) is 2.63. The van der Waals surface area contributed by atoms with E-state index in [4.69, 9.17) is 4.74 Å². The molecule has 0 saturated carbocycles. The number of benzene rings is 2. The number of alkyl halides is 1. The van der Waals surface area contributed by atoms with Crippen molar-refractivity contribution in [2.45, 2.75) is 33.4 Å². The summed E-state index contributed by atoms with van der Waals surface area (Å²) in [5.41, 5.74) is 2.40. The third-order valence-electron chi connectivity index (χ3n) is 2.80. The lowest BCUT2D eigenvalue weighted by molar-refractivity contribution is 0.102. The summed E-state index contributed by atoms with van der Waals surface area (Å²) in [5, 5.41) is 0. The minimum Gasteiger partial charge on any atom is -0.374 e. The number of aliphatic imine (C=N–C) groups is 1. The summed E-state index contributed by atoms with van der Waals surface area (Å²) in [4.78, 5) is 3.59. The van der Waals surface area contributed by atoms with Crippen molar-refractivity contribution in [2.75, 3.05) is 13.3 Å². The van der Waals surface area contributed by atoms with Gasteiger partial charge < -0.3 is 4.74 Å². The van der Waals surface area contributed by atoms with E-state index in [9.17, 15) is 4.39 Å². The van der Waals surface area contributed by atoms with Gasteiger partial charge in [-0.3, -0.25) is 4.99 Å². The Kier molecular flexibility index (Phi) is 13.6. The number of rotatable bonds is 6. The first kappa shape index (κ1) is 21.0. The molecule has 0 fully saturated rings. The van der Waals surface area contributed by atoms with E-state index < -0.39 is 12.7 Å². The van der Waals surface area contributed by atoms with E-state index in [-0.39, 0.29) is 6.61 Å². The van der Waals surface area contributed by atoms with Gasteiger partial charge in [0.05, 0.1) is 13.2 Å². The van der Waals surface area contributed by atoms with E-state index in [1.807, 2.05) is 62.4 Å². The zero-order valence-corrected chi connectivity index (χ0v) is 14.4. The van der Waals surface area contributed by atoms with Gasteiger partial charge in [0.2, 0.25) is 0 Å². The third kappa shape index (κ3) is 11.2. The van der Waals surface area contributed by atoms with Gasteiger partial charge in [0.25, 0.3) is 0 Å². The molecule has 1 unspecified atom stereocenters. The molecule has 0 amide bonds. The molecule has 0 spiro atoms. The lowest BCUT2D eigenvalue weighted by Gasteiger charge is -2.08. The van der Waals surface area contributed by atoms with E-state index in [0.717, 1.165) is 5.56 Å². The molecule has 3 heteroatoms. The topological polar surface area (TPSA) is 21.6 Å². The second-order valence-electron chi connectivity index (χ2n) is 4.65. The quantitative estimate of drug-likeness (QED) is 0.666. The number of hydrogen-bond acceptors (Lipinski definition) is 2. The van der Waals surface area contributed by atoms with Crippen molar-refractivity contribution in [3.8, 4) is 0 Å². The van der Waals surface area contributed by atoms with Crippen LogP contribution in [0.15, 0.2) is 65.7 Å². The SMILES string of the molecule is C=NC(CF)COCc1ccccc1.CC.Cc1ccccc1. The Morgan fingerprint density at radius 3 is 1.91 bits per heavy atom. The summed E-state index contributed by atoms with van der Waals surface area (Å²) in [6.07, 6.45) is 0.